The van der Waals surface area contributed by atoms with Crippen LogP contribution in [0.15, 0.2) is 30.3 Å². The van der Waals surface area contributed by atoms with Crippen LogP contribution in [0.5, 0.6) is 0 Å². The number of hydrogen-bond acceptors (Lipinski definition) is 2. The Morgan fingerprint density at radius 3 is 2.50 bits per heavy atom. The van der Waals surface area contributed by atoms with E-state index < -0.39 is 5.97 Å². The highest BCUT2D eigenvalue weighted by Crippen LogP contribution is 2.31. The summed E-state index contributed by atoms with van der Waals surface area (Å²) in [5.41, 5.74) is 1.21. The van der Waals surface area contributed by atoms with Crippen molar-refractivity contribution in [1.29, 1.82) is 0 Å². The van der Waals surface area contributed by atoms with Crippen molar-refractivity contribution in [3.63, 3.8) is 0 Å². The summed E-state index contributed by atoms with van der Waals surface area (Å²) in [6.07, 6.45) is 6.60. The molecule has 2 atom stereocenters. The molecule has 1 aromatic carbocycles. The smallest absolute Gasteiger partial charge is 0.320 e. The molecule has 3 heteroatoms. The minimum absolute atomic E-state index is 0.313. The van der Waals surface area contributed by atoms with E-state index in [-0.39, 0.29) is 6.04 Å². The zero-order valence-electron chi connectivity index (χ0n) is 13.9. The van der Waals surface area contributed by atoms with Crippen LogP contribution in [-0.2, 0) is 11.3 Å². The van der Waals surface area contributed by atoms with Crippen molar-refractivity contribution in [2.24, 2.45) is 5.92 Å². The topological polar surface area (TPSA) is 40.5 Å². The molecule has 22 heavy (non-hydrogen) atoms. The highest BCUT2D eigenvalue weighted by molar-refractivity contribution is 5.73. The number of benzene rings is 1. The van der Waals surface area contributed by atoms with Gasteiger partial charge in [0.25, 0.3) is 0 Å². The summed E-state index contributed by atoms with van der Waals surface area (Å²) in [5, 5.41) is 9.51. The van der Waals surface area contributed by atoms with Gasteiger partial charge >= 0.3 is 5.97 Å². The fraction of sp³-hybridized carbons (Fsp3) is 0.632. The van der Waals surface area contributed by atoms with Crippen LogP contribution in [0.2, 0.25) is 0 Å². The molecule has 0 aromatic heterocycles. The third-order valence-electron chi connectivity index (χ3n) is 5.20. The summed E-state index contributed by atoms with van der Waals surface area (Å²) in [5.74, 6) is 0.114. The summed E-state index contributed by atoms with van der Waals surface area (Å²) in [4.78, 5) is 13.8. The van der Waals surface area contributed by atoms with Gasteiger partial charge in [0, 0.05) is 12.6 Å². The van der Waals surface area contributed by atoms with Crippen LogP contribution in [-0.4, -0.2) is 28.1 Å². The Morgan fingerprint density at radius 2 is 1.91 bits per heavy atom. The molecule has 1 saturated heterocycles. The van der Waals surface area contributed by atoms with Crippen LogP contribution in [0.1, 0.15) is 57.9 Å². The average Bonchev–Trinajstić information content (AvgIpc) is 2.92. The fourth-order valence-electron chi connectivity index (χ4n) is 3.67. The first-order chi connectivity index (χ1) is 10.7. The maximum absolute atomic E-state index is 11.6. The third kappa shape index (κ3) is 4.33. The SMILES string of the molecule is CCC(CC)CCC1CC[C@H](C(=O)O)N1Cc1ccccc1. The second-order valence-electron chi connectivity index (χ2n) is 6.50. The van der Waals surface area contributed by atoms with Gasteiger partial charge in [-0.1, -0.05) is 57.0 Å². The quantitative estimate of drug-likeness (QED) is 0.777. The highest BCUT2D eigenvalue weighted by Gasteiger charge is 2.37. The Bertz CT molecular complexity index is 456. The number of aliphatic carboxylic acids is 1. The van der Waals surface area contributed by atoms with Gasteiger partial charge in [0.1, 0.15) is 6.04 Å². The number of carboxylic acid groups (broad SMARTS) is 1. The van der Waals surface area contributed by atoms with E-state index in [0.29, 0.717) is 6.04 Å². The van der Waals surface area contributed by atoms with E-state index >= 15 is 0 Å². The molecular formula is C19H29NO2. The predicted molar refractivity (Wildman–Crippen MR) is 89.7 cm³/mol. The van der Waals surface area contributed by atoms with E-state index in [9.17, 15) is 9.90 Å². The van der Waals surface area contributed by atoms with Crippen molar-refractivity contribution in [3.8, 4) is 0 Å². The number of rotatable bonds is 8. The van der Waals surface area contributed by atoms with Gasteiger partial charge in [-0.05, 0) is 37.2 Å². The maximum Gasteiger partial charge on any atom is 0.320 e. The first-order valence-corrected chi connectivity index (χ1v) is 8.68. The van der Waals surface area contributed by atoms with Gasteiger partial charge in [0.05, 0.1) is 0 Å². The Kier molecular flexibility index (Phi) is 6.44. The minimum Gasteiger partial charge on any atom is -0.480 e. The summed E-state index contributed by atoms with van der Waals surface area (Å²) >= 11 is 0. The molecule has 0 spiro atoms. The van der Waals surface area contributed by atoms with Crippen LogP contribution < -0.4 is 0 Å². The normalized spacial score (nSPS) is 22.3. The Morgan fingerprint density at radius 1 is 1.23 bits per heavy atom. The second kappa shape index (κ2) is 8.33. The lowest BCUT2D eigenvalue weighted by Gasteiger charge is -2.29. The van der Waals surface area contributed by atoms with E-state index in [1.165, 1.54) is 24.8 Å². The number of nitrogens with zero attached hydrogens (tertiary/aromatic N) is 1. The molecule has 1 fully saturated rings. The minimum atomic E-state index is -0.666. The molecule has 1 N–H and O–H groups in total. The standard InChI is InChI=1S/C19H29NO2/c1-3-15(4-2)10-11-17-12-13-18(19(21)22)20(17)14-16-8-6-5-7-9-16/h5-9,15,17-18H,3-4,10-14H2,1-2H3,(H,21,22)/t17?,18-/m1/s1. The van der Waals surface area contributed by atoms with E-state index in [1.807, 2.05) is 18.2 Å². The lowest BCUT2D eigenvalue weighted by Crippen LogP contribution is -2.40. The third-order valence-corrected chi connectivity index (χ3v) is 5.20. The molecular weight excluding hydrogens is 274 g/mol. The zero-order chi connectivity index (χ0) is 15.9. The Hall–Kier alpha value is -1.35. The van der Waals surface area contributed by atoms with Crippen molar-refractivity contribution in [2.45, 2.75) is 71.0 Å². The van der Waals surface area contributed by atoms with Crippen molar-refractivity contribution in [3.05, 3.63) is 35.9 Å². The number of likely N-dealkylation sites (tertiary alicyclic amines) is 1. The van der Waals surface area contributed by atoms with E-state index in [0.717, 1.165) is 31.7 Å². The van der Waals surface area contributed by atoms with E-state index in [1.54, 1.807) is 0 Å². The Balaban J connectivity index is 2.02. The van der Waals surface area contributed by atoms with Crippen LogP contribution in [0, 0.1) is 5.92 Å². The molecule has 0 radical (unpaired) electrons. The first kappa shape index (κ1) is 17.0. The molecule has 0 saturated carbocycles. The van der Waals surface area contributed by atoms with Crippen LogP contribution in [0.3, 0.4) is 0 Å². The van der Waals surface area contributed by atoms with Gasteiger partial charge in [-0.3, -0.25) is 9.69 Å². The molecule has 0 bridgehead atoms. The van der Waals surface area contributed by atoms with E-state index in [2.05, 4.69) is 30.9 Å². The summed E-state index contributed by atoms with van der Waals surface area (Å²) in [6.45, 7) is 5.26. The molecule has 3 nitrogen and oxygen atoms in total. The predicted octanol–water partition coefficient (Wildman–Crippen LogP) is 4.32. The lowest BCUT2D eigenvalue weighted by atomic mass is 9.94. The molecule has 122 valence electrons. The number of carbonyl (C=O) groups is 1. The summed E-state index contributed by atoms with van der Waals surface area (Å²) in [6, 6.07) is 10.4. The van der Waals surface area contributed by atoms with Crippen molar-refractivity contribution >= 4 is 5.97 Å². The summed E-state index contributed by atoms with van der Waals surface area (Å²) in [7, 11) is 0. The van der Waals surface area contributed by atoms with Gasteiger partial charge in [-0.25, -0.2) is 0 Å². The Labute approximate surface area is 134 Å². The van der Waals surface area contributed by atoms with Gasteiger partial charge in [-0.2, -0.15) is 0 Å². The number of carboxylic acids is 1. The van der Waals surface area contributed by atoms with Crippen LogP contribution >= 0.6 is 0 Å². The maximum atomic E-state index is 11.6. The molecule has 2 rings (SSSR count). The zero-order valence-corrected chi connectivity index (χ0v) is 13.9. The van der Waals surface area contributed by atoms with Crippen molar-refractivity contribution in [1.82, 2.24) is 4.90 Å². The first-order valence-electron chi connectivity index (χ1n) is 8.68. The van der Waals surface area contributed by atoms with Gasteiger partial charge in [0.2, 0.25) is 0 Å². The average molecular weight is 303 g/mol. The molecule has 0 aliphatic carbocycles. The molecule has 1 aliphatic heterocycles. The van der Waals surface area contributed by atoms with Gasteiger partial charge in [-0.15, -0.1) is 0 Å². The highest BCUT2D eigenvalue weighted by atomic mass is 16.4. The molecule has 1 aromatic rings. The van der Waals surface area contributed by atoms with Gasteiger partial charge < -0.3 is 5.11 Å². The van der Waals surface area contributed by atoms with Crippen LogP contribution in [0.4, 0.5) is 0 Å². The molecule has 1 unspecified atom stereocenters. The van der Waals surface area contributed by atoms with E-state index in [4.69, 9.17) is 0 Å². The molecule has 1 heterocycles. The second-order valence-corrected chi connectivity index (χ2v) is 6.50. The largest absolute Gasteiger partial charge is 0.480 e. The van der Waals surface area contributed by atoms with Crippen molar-refractivity contribution < 1.29 is 9.90 Å². The fourth-order valence-corrected chi connectivity index (χ4v) is 3.67. The van der Waals surface area contributed by atoms with Crippen molar-refractivity contribution in [2.75, 3.05) is 0 Å². The monoisotopic (exact) mass is 303 g/mol. The summed E-state index contributed by atoms with van der Waals surface area (Å²) < 4.78 is 0. The lowest BCUT2D eigenvalue weighted by molar-refractivity contribution is -0.142. The molecule has 0 amide bonds. The van der Waals surface area contributed by atoms with Gasteiger partial charge in [0.15, 0.2) is 0 Å². The number of hydrogen-bond donors (Lipinski definition) is 1. The molecule has 1 aliphatic rings. The van der Waals surface area contributed by atoms with Crippen LogP contribution in [0.25, 0.3) is 0 Å².